The number of halogens is 1. The van der Waals surface area contributed by atoms with Gasteiger partial charge in [0.15, 0.2) is 0 Å². The predicted octanol–water partition coefficient (Wildman–Crippen LogP) is 1.98. The zero-order valence-electron chi connectivity index (χ0n) is 12.1. The Balaban J connectivity index is 2.84. The van der Waals surface area contributed by atoms with Crippen molar-refractivity contribution in [3.8, 4) is 0 Å². The molecule has 0 atom stereocenters. The van der Waals surface area contributed by atoms with Crippen molar-refractivity contribution in [2.45, 2.75) is 19.9 Å². The van der Waals surface area contributed by atoms with Crippen LogP contribution in [0.2, 0.25) is 5.02 Å². The van der Waals surface area contributed by atoms with Crippen LogP contribution in [0, 0.1) is 10.1 Å². The summed E-state index contributed by atoms with van der Waals surface area (Å²) in [6.45, 7) is 3.01. The number of aliphatic carboxylic acids is 1. The predicted molar refractivity (Wildman–Crippen MR) is 81.1 cm³/mol. The van der Waals surface area contributed by atoms with Gasteiger partial charge in [0.05, 0.1) is 18.0 Å². The van der Waals surface area contributed by atoms with Crippen LogP contribution in [0.3, 0.4) is 0 Å². The van der Waals surface area contributed by atoms with Crippen LogP contribution in [0.15, 0.2) is 18.2 Å². The number of carbonyl (C=O) groups excluding carboxylic acids is 1. The number of hydrogen-bond acceptors (Lipinski definition) is 5. The monoisotopic (exact) mass is 329 g/mol. The highest BCUT2D eigenvalue weighted by atomic mass is 35.5. The van der Waals surface area contributed by atoms with Crippen molar-refractivity contribution >= 4 is 34.9 Å². The molecule has 0 spiro atoms. The molecule has 0 saturated carbocycles. The minimum Gasteiger partial charge on any atom is -0.480 e. The Morgan fingerprint density at radius 1 is 1.41 bits per heavy atom. The maximum absolute atomic E-state index is 12.0. The number of nitrogens with zero attached hydrogens (tertiary/aromatic N) is 2. The second kappa shape index (κ2) is 7.71. The molecule has 0 unspecified atom stereocenters. The third-order valence-electron chi connectivity index (χ3n) is 2.85. The minimum atomic E-state index is -1.06. The van der Waals surface area contributed by atoms with Gasteiger partial charge in [-0.05, 0) is 26.0 Å². The number of nitro benzene ring substituents is 1. The number of nitro groups is 1. The van der Waals surface area contributed by atoms with Gasteiger partial charge in [-0.15, -0.1) is 0 Å². The van der Waals surface area contributed by atoms with E-state index in [0.717, 1.165) is 6.07 Å². The van der Waals surface area contributed by atoms with Gasteiger partial charge in [0, 0.05) is 17.1 Å². The quantitative estimate of drug-likeness (QED) is 0.584. The van der Waals surface area contributed by atoms with Crippen LogP contribution in [0.1, 0.15) is 13.8 Å². The summed E-state index contributed by atoms with van der Waals surface area (Å²) >= 11 is 5.69. The molecule has 0 aliphatic carbocycles. The van der Waals surface area contributed by atoms with Gasteiger partial charge in [-0.3, -0.25) is 24.6 Å². The van der Waals surface area contributed by atoms with Crippen LogP contribution in [-0.2, 0) is 9.59 Å². The highest BCUT2D eigenvalue weighted by Gasteiger charge is 2.20. The molecule has 0 aromatic heterocycles. The Bertz CT molecular complexity index is 591. The number of hydrogen-bond donors (Lipinski definition) is 2. The van der Waals surface area contributed by atoms with Gasteiger partial charge in [0.2, 0.25) is 5.91 Å². The minimum absolute atomic E-state index is 0.0124. The Labute approximate surface area is 131 Å². The van der Waals surface area contributed by atoms with Crippen molar-refractivity contribution in [2.75, 3.05) is 18.4 Å². The lowest BCUT2D eigenvalue weighted by Crippen LogP contribution is -2.41. The molecule has 0 aliphatic heterocycles. The Morgan fingerprint density at radius 3 is 2.55 bits per heavy atom. The van der Waals surface area contributed by atoms with E-state index in [0.29, 0.717) is 0 Å². The van der Waals surface area contributed by atoms with Crippen LogP contribution in [-0.4, -0.2) is 45.9 Å². The molecular weight excluding hydrogens is 314 g/mol. The summed E-state index contributed by atoms with van der Waals surface area (Å²) in [6, 6.07) is 3.72. The van der Waals surface area contributed by atoms with E-state index in [4.69, 9.17) is 16.7 Å². The number of carboxylic acid groups (broad SMARTS) is 1. The molecule has 120 valence electrons. The number of nitrogens with one attached hydrogen (secondary N) is 1. The maximum Gasteiger partial charge on any atom is 0.317 e. The molecule has 8 nitrogen and oxygen atoms in total. The first-order valence-corrected chi connectivity index (χ1v) is 6.78. The van der Waals surface area contributed by atoms with Crippen LogP contribution in [0.4, 0.5) is 11.4 Å². The van der Waals surface area contributed by atoms with Crippen molar-refractivity contribution in [2.24, 2.45) is 0 Å². The number of carbonyl (C=O) groups is 2. The lowest BCUT2D eigenvalue weighted by atomic mass is 10.2. The molecule has 0 radical (unpaired) electrons. The summed E-state index contributed by atoms with van der Waals surface area (Å²) in [7, 11) is 0. The Hall–Kier alpha value is -2.19. The van der Waals surface area contributed by atoms with Crippen LogP contribution < -0.4 is 5.32 Å². The van der Waals surface area contributed by atoms with E-state index in [9.17, 15) is 19.7 Å². The highest BCUT2D eigenvalue weighted by Crippen LogP contribution is 2.27. The van der Waals surface area contributed by atoms with Gasteiger partial charge in [0.1, 0.15) is 5.69 Å². The SMILES string of the molecule is CC(C)N(CC(=O)O)CC(=O)Nc1ccc(Cl)cc1[N+](=O)[O-]. The van der Waals surface area contributed by atoms with Crippen molar-refractivity contribution in [3.05, 3.63) is 33.3 Å². The normalized spacial score (nSPS) is 10.8. The molecule has 0 saturated heterocycles. The third kappa shape index (κ3) is 5.30. The van der Waals surface area contributed by atoms with Crippen LogP contribution in [0.5, 0.6) is 0 Å². The smallest absolute Gasteiger partial charge is 0.317 e. The first-order chi connectivity index (χ1) is 10.2. The van der Waals surface area contributed by atoms with E-state index in [2.05, 4.69) is 5.32 Å². The van der Waals surface area contributed by atoms with Crippen LogP contribution >= 0.6 is 11.6 Å². The molecular formula is C13H16ClN3O5. The molecule has 22 heavy (non-hydrogen) atoms. The molecule has 0 bridgehead atoms. The fourth-order valence-corrected chi connectivity index (χ4v) is 1.90. The summed E-state index contributed by atoms with van der Waals surface area (Å²) in [6.07, 6.45) is 0. The summed E-state index contributed by atoms with van der Waals surface area (Å²) in [5.41, 5.74) is -0.311. The molecule has 1 aromatic carbocycles. The highest BCUT2D eigenvalue weighted by molar-refractivity contribution is 6.31. The summed E-state index contributed by atoms with van der Waals surface area (Å²) in [4.78, 5) is 34.4. The molecule has 9 heteroatoms. The second-order valence-corrected chi connectivity index (χ2v) is 5.30. The molecule has 1 aromatic rings. The van der Waals surface area contributed by atoms with Crippen molar-refractivity contribution in [1.29, 1.82) is 0 Å². The topological polar surface area (TPSA) is 113 Å². The number of amides is 1. The molecule has 1 rings (SSSR count). The fourth-order valence-electron chi connectivity index (χ4n) is 1.73. The second-order valence-electron chi connectivity index (χ2n) is 4.86. The van der Waals surface area contributed by atoms with E-state index in [1.165, 1.54) is 17.0 Å². The van der Waals surface area contributed by atoms with Crippen molar-refractivity contribution < 1.29 is 19.6 Å². The summed E-state index contributed by atoms with van der Waals surface area (Å²) in [5, 5.41) is 22.3. The Morgan fingerprint density at radius 2 is 2.05 bits per heavy atom. The molecule has 1 amide bonds. The van der Waals surface area contributed by atoms with Crippen LogP contribution in [0.25, 0.3) is 0 Å². The van der Waals surface area contributed by atoms with E-state index < -0.39 is 16.8 Å². The van der Waals surface area contributed by atoms with E-state index >= 15 is 0 Å². The largest absolute Gasteiger partial charge is 0.480 e. The van der Waals surface area contributed by atoms with Gasteiger partial charge < -0.3 is 10.4 Å². The molecule has 0 heterocycles. The number of carboxylic acids is 1. The van der Waals surface area contributed by atoms with E-state index in [1.54, 1.807) is 13.8 Å². The molecule has 0 fully saturated rings. The van der Waals surface area contributed by atoms with Gasteiger partial charge >= 0.3 is 5.97 Å². The Kier molecular flexibility index (Phi) is 6.26. The number of anilines is 1. The first kappa shape index (κ1) is 17.9. The fraction of sp³-hybridized carbons (Fsp3) is 0.385. The van der Waals surface area contributed by atoms with Gasteiger partial charge in [-0.1, -0.05) is 11.6 Å². The zero-order chi connectivity index (χ0) is 16.9. The molecule has 0 aliphatic rings. The first-order valence-electron chi connectivity index (χ1n) is 6.40. The van der Waals surface area contributed by atoms with Crippen molar-refractivity contribution in [3.63, 3.8) is 0 Å². The zero-order valence-corrected chi connectivity index (χ0v) is 12.8. The van der Waals surface area contributed by atoms with Gasteiger partial charge in [-0.2, -0.15) is 0 Å². The maximum atomic E-state index is 12.0. The van der Waals surface area contributed by atoms with Crippen molar-refractivity contribution in [1.82, 2.24) is 4.90 Å². The lowest BCUT2D eigenvalue weighted by Gasteiger charge is -2.23. The summed E-state index contributed by atoms with van der Waals surface area (Å²) in [5.74, 6) is -1.60. The van der Waals surface area contributed by atoms with E-state index in [-0.39, 0.29) is 35.5 Å². The van der Waals surface area contributed by atoms with Gasteiger partial charge in [-0.25, -0.2) is 0 Å². The average Bonchev–Trinajstić information content (AvgIpc) is 2.39. The van der Waals surface area contributed by atoms with Gasteiger partial charge in [0.25, 0.3) is 5.69 Å². The standard InChI is InChI=1S/C13H16ClN3O5/c1-8(2)16(7-13(19)20)6-12(18)15-10-4-3-9(14)5-11(10)17(21)22/h3-5,8H,6-7H2,1-2H3,(H,15,18)(H,19,20). The number of rotatable bonds is 7. The molecule has 2 N–H and O–H groups in total. The van der Waals surface area contributed by atoms with E-state index in [1.807, 2.05) is 0 Å². The third-order valence-corrected chi connectivity index (χ3v) is 3.08. The summed E-state index contributed by atoms with van der Waals surface area (Å²) < 4.78 is 0. The number of benzene rings is 1. The average molecular weight is 330 g/mol. The lowest BCUT2D eigenvalue weighted by molar-refractivity contribution is -0.383.